The van der Waals surface area contributed by atoms with Crippen LogP contribution in [0.5, 0.6) is 0 Å². The summed E-state index contributed by atoms with van der Waals surface area (Å²) in [7, 11) is 5.34. The molecule has 0 saturated heterocycles. The number of allylic oxidation sites excluding steroid dienone is 2. The summed E-state index contributed by atoms with van der Waals surface area (Å²) in [5, 5.41) is 13.0. The van der Waals surface area contributed by atoms with Crippen LogP contribution in [0.3, 0.4) is 0 Å². The number of rotatable bonds is 8. The van der Waals surface area contributed by atoms with Gasteiger partial charge in [-0.15, -0.1) is 8.86 Å². The molecule has 0 radical (unpaired) electrons. The Morgan fingerprint density at radius 1 is 1.08 bits per heavy atom. The lowest BCUT2D eigenvalue weighted by Crippen LogP contribution is -2.16. The standard InChI is InChI=1S/C18H23N2P.C7H14O.C5H12.C2H6/c1-6-16(18(19-5)15(4)21)12-13(2)20-14(3)17-10-8-7-9-11-17;8-6-7-4-2-1-3-5-7;1-5(2,3)4;1-2/h6-11,20-21H,2-3,12H2,1,4-5H3;7-8H,1-6H2;1-4H3;1-2H3/b16-6+,19-18?;;;. The lowest BCUT2D eigenvalue weighted by molar-refractivity contribution is 0.190. The van der Waals surface area contributed by atoms with Crippen molar-refractivity contribution < 1.29 is 5.11 Å². The molecule has 1 aromatic rings. The van der Waals surface area contributed by atoms with Gasteiger partial charge in [0, 0.05) is 31.5 Å². The number of hydrogen-bond donors (Lipinski definition) is 2. The Labute approximate surface area is 226 Å². The Kier molecular flexibility index (Phi) is 21.3. The number of hydrogen-bond acceptors (Lipinski definition) is 3. The summed E-state index contributed by atoms with van der Waals surface area (Å²) in [5.74, 6) is 0.642. The maximum Gasteiger partial charge on any atom is 0.0672 e. The molecule has 1 aliphatic rings. The fourth-order valence-corrected chi connectivity index (χ4v) is 3.72. The molecule has 36 heavy (non-hydrogen) atoms. The summed E-state index contributed by atoms with van der Waals surface area (Å²) in [6.07, 6.45) is 9.35. The van der Waals surface area contributed by atoms with Crippen LogP contribution >= 0.6 is 8.86 Å². The Morgan fingerprint density at radius 2 is 1.58 bits per heavy atom. The third-order valence-corrected chi connectivity index (χ3v) is 5.30. The van der Waals surface area contributed by atoms with E-state index >= 15 is 0 Å². The fraction of sp³-hybridized carbons (Fsp3) is 0.562. The quantitative estimate of drug-likeness (QED) is 0.268. The topological polar surface area (TPSA) is 44.6 Å². The van der Waals surface area contributed by atoms with Crippen molar-refractivity contribution in [2.24, 2.45) is 16.3 Å². The molecule has 0 aromatic heterocycles. The molecular formula is C32H55N2OP. The summed E-state index contributed by atoms with van der Waals surface area (Å²) in [6, 6.07) is 10.0. The second-order valence-corrected chi connectivity index (χ2v) is 11.2. The van der Waals surface area contributed by atoms with Crippen molar-refractivity contribution in [3.05, 3.63) is 66.4 Å². The molecule has 1 saturated carbocycles. The maximum absolute atomic E-state index is 8.69. The summed E-state index contributed by atoms with van der Waals surface area (Å²) < 4.78 is 0. The molecule has 0 atom stereocenters. The first-order valence-electron chi connectivity index (χ1n) is 13.4. The molecule has 1 aromatic carbocycles. The van der Waals surface area contributed by atoms with Crippen LogP contribution in [0.1, 0.15) is 99.5 Å². The van der Waals surface area contributed by atoms with Gasteiger partial charge in [-0.05, 0) is 54.5 Å². The highest BCUT2D eigenvalue weighted by Gasteiger charge is 2.11. The summed E-state index contributed by atoms with van der Waals surface area (Å²) in [6.45, 7) is 25.3. The van der Waals surface area contributed by atoms with E-state index < -0.39 is 0 Å². The van der Waals surface area contributed by atoms with Crippen molar-refractivity contribution in [1.82, 2.24) is 5.32 Å². The number of nitrogens with one attached hydrogen (secondary N) is 1. The first-order chi connectivity index (χ1) is 16.9. The van der Waals surface area contributed by atoms with E-state index in [0.29, 0.717) is 24.4 Å². The number of nitrogens with zero attached hydrogens (tertiary/aromatic N) is 1. The van der Waals surface area contributed by atoms with Gasteiger partial charge in [0.05, 0.1) is 5.71 Å². The van der Waals surface area contributed by atoms with Gasteiger partial charge < -0.3 is 10.4 Å². The molecule has 4 heteroatoms. The first-order valence-corrected chi connectivity index (χ1v) is 13.9. The normalized spacial score (nSPS) is 14.1. The van der Waals surface area contributed by atoms with Crippen molar-refractivity contribution in [1.29, 1.82) is 0 Å². The second-order valence-electron chi connectivity index (χ2n) is 10.4. The molecular weight excluding hydrogens is 459 g/mol. The highest BCUT2D eigenvalue weighted by molar-refractivity contribution is 7.26. The Hall–Kier alpha value is -1.96. The third kappa shape index (κ3) is 19.3. The molecule has 0 spiro atoms. The molecule has 0 bridgehead atoms. The monoisotopic (exact) mass is 514 g/mol. The highest BCUT2D eigenvalue weighted by Crippen LogP contribution is 2.22. The van der Waals surface area contributed by atoms with E-state index in [4.69, 9.17) is 5.11 Å². The van der Waals surface area contributed by atoms with E-state index in [9.17, 15) is 0 Å². The van der Waals surface area contributed by atoms with E-state index in [-0.39, 0.29) is 0 Å². The maximum atomic E-state index is 8.69. The molecule has 1 aliphatic carbocycles. The molecule has 0 aliphatic heterocycles. The van der Waals surface area contributed by atoms with Crippen molar-refractivity contribution in [2.45, 2.75) is 93.9 Å². The van der Waals surface area contributed by atoms with Crippen LogP contribution in [0.4, 0.5) is 0 Å². The van der Waals surface area contributed by atoms with Crippen molar-refractivity contribution in [3.63, 3.8) is 0 Å². The third-order valence-electron chi connectivity index (χ3n) is 5.07. The highest BCUT2D eigenvalue weighted by atomic mass is 31.0. The largest absolute Gasteiger partial charge is 0.396 e. The minimum Gasteiger partial charge on any atom is -0.396 e. The van der Waals surface area contributed by atoms with Gasteiger partial charge >= 0.3 is 0 Å². The minimum atomic E-state index is 0.417. The summed E-state index contributed by atoms with van der Waals surface area (Å²) >= 11 is 0. The van der Waals surface area contributed by atoms with Gasteiger partial charge in [-0.2, -0.15) is 0 Å². The summed E-state index contributed by atoms with van der Waals surface area (Å²) in [5.41, 5.74) is 5.40. The van der Waals surface area contributed by atoms with Crippen LogP contribution in [0.25, 0.3) is 5.70 Å². The van der Waals surface area contributed by atoms with Crippen LogP contribution in [0.15, 0.2) is 65.8 Å². The van der Waals surface area contributed by atoms with Crippen LogP contribution in [0.2, 0.25) is 0 Å². The van der Waals surface area contributed by atoms with Gasteiger partial charge in [-0.25, -0.2) is 0 Å². The second kappa shape index (κ2) is 21.2. The van der Waals surface area contributed by atoms with Crippen LogP contribution < -0.4 is 5.32 Å². The summed E-state index contributed by atoms with van der Waals surface area (Å²) in [4.78, 5) is 4.32. The van der Waals surface area contributed by atoms with Crippen LogP contribution in [-0.4, -0.2) is 29.8 Å². The van der Waals surface area contributed by atoms with Crippen molar-refractivity contribution in [2.75, 3.05) is 13.7 Å². The van der Waals surface area contributed by atoms with Gasteiger partial charge in [-0.3, -0.25) is 4.99 Å². The zero-order chi connectivity index (χ0) is 28.1. The van der Waals surface area contributed by atoms with Crippen LogP contribution in [0, 0.1) is 11.3 Å². The molecule has 0 unspecified atom stereocenters. The first kappa shape index (κ1) is 36.2. The van der Waals surface area contributed by atoms with E-state index in [1.165, 1.54) is 32.1 Å². The van der Waals surface area contributed by atoms with Crippen LogP contribution in [-0.2, 0) is 0 Å². The number of benzene rings is 1. The smallest absolute Gasteiger partial charge is 0.0672 e. The molecule has 0 amide bonds. The van der Waals surface area contributed by atoms with Gasteiger partial charge in [0.15, 0.2) is 0 Å². The predicted octanol–water partition coefficient (Wildman–Crippen LogP) is 9.14. The lowest BCUT2D eigenvalue weighted by Gasteiger charge is -2.18. The average molecular weight is 515 g/mol. The van der Waals surface area contributed by atoms with Crippen molar-refractivity contribution >= 4 is 25.6 Å². The van der Waals surface area contributed by atoms with E-state index in [1.54, 1.807) is 7.05 Å². The molecule has 2 N–H and O–H groups in total. The van der Waals surface area contributed by atoms with Crippen molar-refractivity contribution in [3.8, 4) is 0 Å². The lowest BCUT2D eigenvalue weighted by atomic mass is 9.90. The van der Waals surface area contributed by atoms with Gasteiger partial charge in [0.1, 0.15) is 0 Å². The van der Waals surface area contributed by atoms with Gasteiger partial charge in [0.2, 0.25) is 0 Å². The van der Waals surface area contributed by atoms with E-state index in [1.807, 2.05) is 58.0 Å². The number of aliphatic hydroxyl groups is 1. The van der Waals surface area contributed by atoms with E-state index in [0.717, 1.165) is 33.5 Å². The number of aliphatic imine (C=N–C) groups is 1. The van der Waals surface area contributed by atoms with E-state index in [2.05, 4.69) is 66.1 Å². The minimum absolute atomic E-state index is 0.417. The number of aliphatic hydroxyl groups excluding tert-OH is 1. The molecule has 2 rings (SSSR count). The Balaban J connectivity index is 0. The average Bonchev–Trinajstić information content (AvgIpc) is 2.85. The Bertz CT molecular complexity index is 804. The fourth-order valence-electron chi connectivity index (χ4n) is 3.44. The predicted molar refractivity (Wildman–Crippen MR) is 169 cm³/mol. The van der Waals surface area contributed by atoms with Gasteiger partial charge in [-0.1, -0.05) is 110 Å². The zero-order valence-electron chi connectivity index (χ0n) is 24.8. The molecule has 3 nitrogen and oxygen atoms in total. The molecule has 1 fully saturated rings. The zero-order valence-corrected chi connectivity index (χ0v) is 25.8. The molecule has 0 heterocycles. The SMILES string of the molecule is C=C(C/C(=C\C)C(=NC)C(C)=P)NC(=C)c1ccccc1.CC.CC(C)(C)C.OCC1CCCCC1. The van der Waals surface area contributed by atoms with Gasteiger partial charge in [0.25, 0.3) is 0 Å². The molecule has 204 valence electrons. The Morgan fingerprint density at radius 3 is 1.94 bits per heavy atom.